The summed E-state index contributed by atoms with van der Waals surface area (Å²) in [5, 5.41) is 3.25. The van der Waals surface area contributed by atoms with Crippen molar-refractivity contribution in [2.75, 3.05) is 23.8 Å². The molecule has 0 atom stereocenters. The van der Waals surface area contributed by atoms with Crippen LogP contribution < -0.4 is 5.32 Å². The third-order valence-corrected chi connectivity index (χ3v) is 10.9. The zero-order valence-electron chi connectivity index (χ0n) is 16.2. The van der Waals surface area contributed by atoms with E-state index in [1.54, 1.807) is 0 Å². The molecule has 0 bridgehead atoms. The average Bonchev–Trinajstić information content (AvgIpc) is 2.85. The van der Waals surface area contributed by atoms with Crippen LogP contribution in [0.2, 0.25) is 0 Å². The number of para-hydroxylation sites is 1. The van der Waals surface area contributed by atoms with E-state index in [1.165, 1.54) is 43.6 Å². The molecule has 1 N–H and O–H groups in total. The molecule has 1 heterocycles. The molecule has 0 spiro atoms. The Morgan fingerprint density at radius 1 is 0.885 bits per heavy atom. The first-order chi connectivity index (χ1) is 12.6. The number of aryl methyl sites for hydroxylation is 2. The zero-order chi connectivity index (χ0) is 18.4. The molecule has 1 aliphatic rings. The van der Waals surface area contributed by atoms with Crippen LogP contribution in [-0.4, -0.2) is 24.4 Å². The Bertz CT molecular complexity index is 713. The van der Waals surface area contributed by atoms with Gasteiger partial charge >= 0.3 is 158 Å². The first-order valence-corrected chi connectivity index (χ1v) is 12.8. The van der Waals surface area contributed by atoms with E-state index in [2.05, 4.69) is 67.7 Å². The van der Waals surface area contributed by atoms with Crippen LogP contribution in [0.1, 0.15) is 42.4 Å². The van der Waals surface area contributed by atoms with Crippen molar-refractivity contribution in [2.24, 2.45) is 0 Å². The maximum absolute atomic E-state index is 13.0. The molecule has 0 radical (unpaired) electrons. The second kappa shape index (κ2) is 8.82. The Hall–Kier alpha value is -1.66. The Labute approximate surface area is 158 Å². The summed E-state index contributed by atoms with van der Waals surface area (Å²) in [6, 6.07) is 17.0. The van der Waals surface area contributed by atoms with Gasteiger partial charge in [-0.15, -0.1) is 0 Å². The van der Waals surface area contributed by atoms with E-state index in [4.69, 9.17) is 0 Å². The van der Waals surface area contributed by atoms with Crippen molar-refractivity contribution in [3.63, 3.8) is 0 Å². The Kier molecular flexibility index (Phi) is 6.48. The maximum atomic E-state index is 13.0. The monoisotopic (exact) mass is 369 g/mol. The number of hydrogen-bond acceptors (Lipinski definition) is 1. The van der Waals surface area contributed by atoms with Crippen molar-refractivity contribution in [1.82, 2.24) is 0 Å². The van der Waals surface area contributed by atoms with E-state index in [-0.39, 0.29) is 5.91 Å². The van der Waals surface area contributed by atoms with Crippen molar-refractivity contribution in [2.45, 2.75) is 45.7 Å². The minimum atomic E-state index is -1.64. The normalized spacial score (nSPS) is 17.9. The van der Waals surface area contributed by atoms with E-state index >= 15 is 0 Å². The van der Waals surface area contributed by atoms with E-state index in [9.17, 15) is 4.79 Å². The summed E-state index contributed by atoms with van der Waals surface area (Å²) in [6.07, 6.45) is 9.77. The van der Waals surface area contributed by atoms with Gasteiger partial charge in [0.15, 0.2) is 0 Å². The van der Waals surface area contributed by atoms with Gasteiger partial charge in [-0.05, 0) is 0 Å². The van der Waals surface area contributed by atoms with Crippen LogP contribution in [0.3, 0.4) is 0 Å². The molecule has 0 aliphatic carbocycles. The van der Waals surface area contributed by atoms with Gasteiger partial charge in [0.1, 0.15) is 0 Å². The number of hydrogen-bond donors (Lipinski definition) is 1. The summed E-state index contributed by atoms with van der Waals surface area (Å²) in [6.45, 7) is 4.15. The zero-order valence-corrected chi connectivity index (χ0v) is 17.2. The molecule has 26 heavy (non-hydrogen) atoms. The standard InChI is InChI=1S/C23H32NOP/c1-19-11-10-12-20(2)23(19)24-22(25)18-26(15-8-3-4-9-16-26)17-21-13-6-5-7-14-21/h5-7,10-14,26H,3-4,8-9,15-18H2,1-2H3,(H,24,25). The van der Waals surface area contributed by atoms with Crippen LogP contribution in [0.5, 0.6) is 0 Å². The number of anilines is 1. The molecule has 3 heteroatoms. The molecule has 0 saturated carbocycles. The van der Waals surface area contributed by atoms with E-state index < -0.39 is 7.26 Å². The summed E-state index contributed by atoms with van der Waals surface area (Å²) < 4.78 is 0. The number of rotatable bonds is 5. The van der Waals surface area contributed by atoms with Crippen molar-refractivity contribution >= 4 is 18.9 Å². The third-order valence-electron chi connectivity index (χ3n) is 5.87. The van der Waals surface area contributed by atoms with Gasteiger partial charge in [0.05, 0.1) is 0 Å². The number of amides is 1. The Morgan fingerprint density at radius 2 is 1.50 bits per heavy atom. The third kappa shape index (κ3) is 4.95. The number of benzene rings is 2. The number of carbonyl (C=O) groups is 1. The van der Waals surface area contributed by atoms with Crippen LogP contribution in [0.15, 0.2) is 48.5 Å². The number of nitrogens with one attached hydrogen (secondary N) is 1. The molecular formula is C23H32NOP. The predicted molar refractivity (Wildman–Crippen MR) is 116 cm³/mol. The molecule has 2 aromatic rings. The van der Waals surface area contributed by atoms with Crippen molar-refractivity contribution < 1.29 is 4.79 Å². The van der Waals surface area contributed by atoms with Gasteiger partial charge in [0.25, 0.3) is 0 Å². The summed E-state index contributed by atoms with van der Waals surface area (Å²) in [4.78, 5) is 13.0. The fraction of sp³-hybridized carbons (Fsp3) is 0.435. The fourth-order valence-electron chi connectivity index (χ4n) is 4.46. The first kappa shape index (κ1) is 19.1. The first-order valence-electron chi connectivity index (χ1n) is 9.98. The molecule has 1 aliphatic heterocycles. The quantitative estimate of drug-likeness (QED) is 0.667. The number of carbonyl (C=O) groups excluding carboxylic acids is 1. The fourth-order valence-corrected chi connectivity index (χ4v) is 9.41. The molecule has 2 aromatic carbocycles. The van der Waals surface area contributed by atoms with Gasteiger partial charge in [-0.25, -0.2) is 0 Å². The van der Waals surface area contributed by atoms with Gasteiger partial charge < -0.3 is 0 Å². The summed E-state index contributed by atoms with van der Waals surface area (Å²) >= 11 is 0. The summed E-state index contributed by atoms with van der Waals surface area (Å²) in [7, 11) is -1.64. The Morgan fingerprint density at radius 3 is 2.12 bits per heavy atom. The minimum absolute atomic E-state index is 0.229. The van der Waals surface area contributed by atoms with Crippen molar-refractivity contribution in [3.05, 3.63) is 65.2 Å². The van der Waals surface area contributed by atoms with Crippen LogP contribution in [0.25, 0.3) is 0 Å². The second-order valence-electron chi connectivity index (χ2n) is 8.07. The van der Waals surface area contributed by atoms with Gasteiger partial charge in [-0.2, -0.15) is 0 Å². The SMILES string of the molecule is Cc1cccc(C)c1NC(=O)C[PH]1(Cc2ccccc2)CCCCCC1. The molecule has 2 nitrogen and oxygen atoms in total. The van der Waals surface area contributed by atoms with Crippen LogP contribution in [0.4, 0.5) is 5.69 Å². The molecule has 1 amide bonds. The average molecular weight is 369 g/mol. The van der Waals surface area contributed by atoms with Crippen LogP contribution in [0, 0.1) is 13.8 Å². The summed E-state index contributed by atoms with van der Waals surface area (Å²) in [5.74, 6) is 0.229. The topological polar surface area (TPSA) is 29.1 Å². The molecule has 0 aromatic heterocycles. The molecule has 1 fully saturated rings. The molecule has 1 saturated heterocycles. The van der Waals surface area contributed by atoms with Crippen molar-refractivity contribution in [1.29, 1.82) is 0 Å². The van der Waals surface area contributed by atoms with Crippen LogP contribution >= 0.6 is 7.26 Å². The molecule has 140 valence electrons. The van der Waals surface area contributed by atoms with E-state index in [0.29, 0.717) is 0 Å². The Balaban J connectivity index is 1.77. The molecular weight excluding hydrogens is 337 g/mol. The molecule has 0 unspecified atom stereocenters. The van der Waals surface area contributed by atoms with E-state index in [0.717, 1.165) is 29.1 Å². The predicted octanol–water partition coefficient (Wildman–Crippen LogP) is 5.77. The van der Waals surface area contributed by atoms with Crippen LogP contribution in [-0.2, 0) is 11.0 Å². The molecule has 3 rings (SSSR count). The van der Waals surface area contributed by atoms with Gasteiger partial charge in [-0.1, -0.05) is 0 Å². The summed E-state index contributed by atoms with van der Waals surface area (Å²) in [5.41, 5.74) is 4.73. The second-order valence-corrected chi connectivity index (χ2v) is 12.8. The van der Waals surface area contributed by atoms with Gasteiger partial charge in [0, 0.05) is 0 Å². The van der Waals surface area contributed by atoms with Gasteiger partial charge in [-0.3, -0.25) is 0 Å². The van der Waals surface area contributed by atoms with Crippen molar-refractivity contribution in [3.8, 4) is 0 Å². The van der Waals surface area contributed by atoms with E-state index in [1.807, 2.05) is 0 Å². The van der Waals surface area contributed by atoms with Gasteiger partial charge in [0.2, 0.25) is 0 Å².